The Morgan fingerprint density at radius 2 is 1.97 bits per heavy atom. The molecule has 0 aliphatic rings. The van der Waals surface area contributed by atoms with Crippen molar-refractivity contribution >= 4 is 26.9 Å². The number of carboxylic acid groups (broad SMARTS) is 1. The van der Waals surface area contributed by atoms with E-state index in [4.69, 9.17) is 4.74 Å². The maximum atomic E-state index is 13.0. The van der Waals surface area contributed by atoms with Gasteiger partial charge >= 0.3 is 5.97 Å². The van der Waals surface area contributed by atoms with E-state index in [-0.39, 0.29) is 17.9 Å². The minimum absolute atomic E-state index is 0.0224. The van der Waals surface area contributed by atoms with Crippen LogP contribution in [0.2, 0.25) is 0 Å². The number of benzene rings is 2. The van der Waals surface area contributed by atoms with Gasteiger partial charge in [-0.2, -0.15) is 4.72 Å². The highest BCUT2D eigenvalue weighted by atomic mass is 32.2. The summed E-state index contributed by atoms with van der Waals surface area (Å²) < 4.78 is 35.8. The summed E-state index contributed by atoms with van der Waals surface area (Å²) in [5.74, 6) is 4.68. The van der Waals surface area contributed by atoms with Crippen LogP contribution >= 0.6 is 0 Å². The van der Waals surface area contributed by atoms with Gasteiger partial charge in [0.2, 0.25) is 10.0 Å². The van der Waals surface area contributed by atoms with Crippen molar-refractivity contribution in [2.24, 2.45) is 0 Å². The third kappa shape index (κ3) is 6.36. The van der Waals surface area contributed by atoms with Crippen molar-refractivity contribution in [3.8, 4) is 17.6 Å². The highest BCUT2D eigenvalue weighted by molar-refractivity contribution is 7.89. The first kappa shape index (κ1) is 25.9. The van der Waals surface area contributed by atoms with Gasteiger partial charge in [0.25, 0.3) is 0 Å². The molecule has 8 nitrogen and oxygen atoms in total. The zero-order valence-electron chi connectivity index (χ0n) is 20.5. The lowest BCUT2D eigenvalue weighted by molar-refractivity contribution is -0.138. The molecule has 0 radical (unpaired) electrons. The Labute approximate surface area is 216 Å². The first-order valence-corrected chi connectivity index (χ1v) is 13.1. The largest absolute Gasteiger partial charge is 0.481 e. The molecule has 2 aromatic heterocycles. The molecule has 2 heterocycles. The Hall–Kier alpha value is -4.13. The van der Waals surface area contributed by atoms with Gasteiger partial charge in [-0.25, -0.2) is 8.42 Å². The predicted molar refractivity (Wildman–Crippen MR) is 141 cm³/mol. The minimum atomic E-state index is -4.10. The summed E-state index contributed by atoms with van der Waals surface area (Å²) in [7, 11) is -4.10. The van der Waals surface area contributed by atoms with Crippen molar-refractivity contribution in [1.82, 2.24) is 14.3 Å². The second-order valence-electron chi connectivity index (χ2n) is 8.57. The number of carboxylic acids is 1. The van der Waals surface area contributed by atoms with E-state index in [2.05, 4.69) is 21.5 Å². The molecular weight excluding hydrogens is 490 g/mol. The number of aromatic nitrogens is 2. The van der Waals surface area contributed by atoms with E-state index in [9.17, 15) is 18.3 Å². The number of aryl methyl sites for hydroxylation is 1. The number of aliphatic carboxylic acids is 1. The SMILES string of the molecule is CC#CCOc1ccc(S(=O)(=O)N[C@@H](Cc2cn(Cc3cccnc3)c3ccc(C)cc23)C(=O)O)cc1. The van der Waals surface area contributed by atoms with Gasteiger partial charge in [-0.15, -0.1) is 5.92 Å². The van der Waals surface area contributed by atoms with E-state index in [0.29, 0.717) is 12.3 Å². The predicted octanol–water partition coefficient (Wildman–Crippen LogP) is 3.77. The zero-order valence-corrected chi connectivity index (χ0v) is 21.3. The minimum Gasteiger partial charge on any atom is -0.481 e. The Balaban J connectivity index is 1.59. The van der Waals surface area contributed by atoms with E-state index in [1.54, 1.807) is 19.3 Å². The lowest BCUT2D eigenvalue weighted by atomic mass is 10.0. The van der Waals surface area contributed by atoms with Crippen LogP contribution in [0.1, 0.15) is 23.6 Å². The Morgan fingerprint density at radius 3 is 2.65 bits per heavy atom. The molecule has 0 amide bonds. The van der Waals surface area contributed by atoms with Gasteiger partial charge in [0.1, 0.15) is 18.4 Å². The molecule has 2 aromatic carbocycles. The number of rotatable bonds is 10. The third-order valence-corrected chi connectivity index (χ3v) is 7.32. The fourth-order valence-corrected chi connectivity index (χ4v) is 5.22. The summed E-state index contributed by atoms with van der Waals surface area (Å²) in [5.41, 5.74) is 3.68. The average molecular weight is 518 g/mol. The molecule has 4 aromatic rings. The molecule has 0 unspecified atom stereocenters. The van der Waals surface area contributed by atoms with E-state index in [1.165, 1.54) is 24.3 Å². The molecule has 0 bridgehead atoms. The topological polar surface area (TPSA) is 111 Å². The van der Waals surface area contributed by atoms with Crippen molar-refractivity contribution in [2.75, 3.05) is 6.61 Å². The number of ether oxygens (including phenoxy) is 1. The van der Waals surface area contributed by atoms with Gasteiger partial charge in [-0.05, 0) is 67.4 Å². The first-order chi connectivity index (χ1) is 17.8. The standard InChI is InChI=1S/C28H27N3O5S/c1-3-4-14-36-23-8-10-24(11-9-23)37(34,35)30-26(28(32)33)16-22-19-31(18-21-6-5-13-29-17-21)27-12-7-20(2)15-25(22)27/h5-13,15,17,19,26,30H,14,16,18H2,1-2H3,(H,32,33)/t26-/m0/s1. The van der Waals surface area contributed by atoms with Gasteiger partial charge in [0.15, 0.2) is 0 Å². The van der Waals surface area contributed by atoms with Crippen LogP contribution in [0.5, 0.6) is 5.75 Å². The lowest BCUT2D eigenvalue weighted by Gasteiger charge is -2.15. The van der Waals surface area contributed by atoms with Crippen LogP contribution in [-0.4, -0.2) is 41.7 Å². The van der Waals surface area contributed by atoms with Crippen LogP contribution in [0.15, 0.2) is 78.1 Å². The molecule has 0 fully saturated rings. The monoisotopic (exact) mass is 517 g/mol. The lowest BCUT2D eigenvalue weighted by Crippen LogP contribution is -2.42. The van der Waals surface area contributed by atoms with Crippen LogP contribution in [0, 0.1) is 18.8 Å². The third-order valence-electron chi connectivity index (χ3n) is 5.84. The molecule has 0 saturated carbocycles. The fourth-order valence-electron chi connectivity index (χ4n) is 4.03. The van der Waals surface area contributed by atoms with Gasteiger partial charge in [0, 0.05) is 42.5 Å². The maximum Gasteiger partial charge on any atom is 0.322 e. The first-order valence-electron chi connectivity index (χ1n) is 11.6. The molecule has 2 N–H and O–H groups in total. The van der Waals surface area contributed by atoms with Crippen molar-refractivity contribution in [1.29, 1.82) is 0 Å². The van der Waals surface area contributed by atoms with Gasteiger partial charge in [-0.3, -0.25) is 9.78 Å². The molecule has 9 heteroatoms. The number of sulfonamides is 1. The van der Waals surface area contributed by atoms with Crippen molar-refractivity contribution < 1.29 is 23.1 Å². The highest BCUT2D eigenvalue weighted by Crippen LogP contribution is 2.26. The Morgan fingerprint density at radius 1 is 1.19 bits per heavy atom. The summed E-state index contributed by atoms with van der Waals surface area (Å²) in [5, 5.41) is 10.8. The summed E-state index contributed by atoms with van der Waals surface area (Å²) in [6.45, 7) is 4.40. The number of nitrogens with one attached hydrogen (secondary N) is 1. The molecule has 1 atom stereocenters. The number of nitrogens with zero attached hydrogens (tertiary/aromatic N) is 2. The number of hydrogen-bond donors (Lipinski definition) is 2. The maximum absolute atomic E-state index is 13.0. The number of pyridine rings is 1. The Kier molecular flexibility index (Phi) is 7.92. The normalized spacial score (nSPS) is 12.1. The quantitative estimate of drug-likeness (QED) is 0.310. The van der Waals surface area contributed by atoms with Crippen molar-refractivity contribution in [3.05, 3.63) is 89.9 Å². The molecule has 0 aliphatic carbocycles. The molecular formula is C28H27N3O5S. The van der Waals surface area contributed by atoms with Gasteiger partial charge in [0.05, 0.1) is 4.90 Å². The number of fused-ring (bicyclic) bond motifs is 1. The molecule has 0 saturated heterocycles. The van der Waals surface area contributed by atoms with Crippen molar-refractivity contribution in [3.63, 3.8) is 0 Å². The van der Waals surface area contributed by atoms with Gasteiger partial charge in [-0.1, -0.05) is 23.6 Å². The van der Waals surface area contributed by atoms with E-state index in [1.807, 2.05) is 48.0 Å². The highest BCUT2D eigenvalue weighted by Gasteiger charge is 2.27. The number of hydrogen-bond acceptors (Lipinski definition) is 5. The van der Waals surface area contributed by atoms with Crippen molar-refractivity contribution in [2.45, 2.75) is 37.8 Å². The van der Waals surface area contributed by atoms with Crippen LogP contribution in [-0.2, 0) is 27.8 Å². The summed E-state index contributed by atoms with van der Waals surface area (Å²) >= 11 is 0. The van der Waals surface area contributed by atoms with Crippen LogP contribution in [0.4, 0.5) is 0 Å². The second kappa shape index (κ2) is 11.3. The Bertz CT molecular complexity index is 1570. The summed E-state index contributed by atoms with van der Waals surface area (Å²) in [6.07, 6.45) is 5.34. The molecule has 190 valence electrons. The molecule has 37 heavy (non-hydrogen) atoms. The average Bonchev–Trinajstić information content (AvgIpc) is 3.20. The molecule has 0 aliphatic heterocycles. The van der Waals surface area contributed by atoms with Crippen LogP contribution in [0.25, 0.3) is 10.9 Å². The molecule has 4 rings (SSSR count). The summed E-state index contributed by atoms with van der Waals surface area (Å²) in [4.78, 5) is 16.3. The molecule has 0 spiro atoms. The number of carbonyl (C=O) groups is 1. The smallest absolute Gasteiger partial charge is 0.322 e. The fraction of sp³-hybridized carbons (Fsp3) is 0.214. The van der Waals surface area contributed by atoms with E-state index < -0.39 is 22.0 Å². The van der Waals surface area contributed by atoms with Crippen LogP contribution < -0.4 is 9.46 Å². The second-order valence-corrected chi connectivity index (χ2v) is 10.3. The van der Waals surface area contributed by atoms with Gasteiger partial charge < -0.3 is 14.4 Å². The van der Waals surface area contributed by atoms with E-state index >= 15 is 0 Å². The zero-order chi connectivity index (χ0) is 26.4. The summed E-state index contributed by atoms with van der Waals surface area (Å²) in [6, 6.07) is 14.2. The van der Waals surface area contributed by atoms with E-state index in [0.717, 1.165) is 27.6 Å². The van der Waals surface area contributed by atoms with Crippen LogP contribution in [0.3, 0.4) is 0 Å².